The Morgan fingerprint density at radius 3 is 2.41 bits per heavy atom. The zero-order valence-electron chi connectivity index (χ0n) is 19.4. The number of carboxylic acids is 1. The van der Waals surface area contributed by atoms with E-state index in [1.807, 2.05) is 18.2 Å². The maximum absolute atomic E-state index is 13.7. The van der Waals surface area contributed by atoms with E-state index in [0.717, 1.165) is 34.5 Å². The lowest BCUT2D eigenvalue weighted by Gasteiger charge is -2.30. The van der Waals surface area contributed by atoms with Gasteiger partial charge in [0.05, 0.1) is 35.5 Å². The molecule has 3 aromatic rings. The van der Waals surface area contributed by atoms with Crippen molar-refractivity contribution < 1.29 is 41.4 Å². The first kappa shape index (κ1) is 26.3. The predicted octanol–water partition coefficient (Wildman–Crippen LogP) is 4.10. The number of ether oxygens (including phenoxy) is 1. The zero-order valence-corrected chi connectivity index (χ0v) is 19.4. The molecule has 0 unspecified atom stereocenters. The van der Waals surface area contributed by atoms with Gasteiger partial charge in [0.15, 0.2) is 0 Å². The Morgan fingerprint density at radius 2 is 1.76 bits per heavy atom. The summed E-state index contributed by atoms with van der Waals surface area (Å²) in [7, 11) is 0. The maximum Gasteiger partial charge on any atom is 0.490 e. The molecule has 0 radical (unpaired) electrons. The highest BCUT2D eigenvalue weighted by Gasteiger charge is 2.38. The van der Waals surface area contributed by atoms with Gasteiger partial charge >= 0.3 is 18.7 Å². The fourth-order valence-electron chi connectivity index (χ4n) is 4.37. The number of nitrogens with zero attached hydrogens (tertiary/aromatic N) is 4. The van der Waals surface area contributed by atoms with Crippen molar-refractivity contribution in [1.82, 2.24) is 14.5 Å². The van der Waals surface area contributed by atoms with Gasteiger partial charge in [0.1, 0.15) is 5.82 Å². The highest BCUT2D eigenvalue weighted by Crippen LogP contribution is 2.32. The quantitative estimate of drug-likeness (QED) is 0.504. The summed E-state index contributed by atoms with van der Waals surface area (Å²) in [6.45, 7) is 0.945. The summed E-state index contributed by atoms with van der Waals surface area (Å²) < 4.78 is 65.5. The molecule has 2 aromatic carbocycles. The number of aliphatic carboxylic acids is 1. The van der Waals surface area contributed by atoms with Gasteiger partial charge in [-0.05, 0) is 23.8 Å². The second-order valence-corrected chi connectivity index (χ2v) is 8.35. The molecule has 8 nitrogen and oxygen atoms in total. The first-order chi connectivity index (χ1) is 17.6. The molecule has 1 amide bonds. The van der Waals surface area contributed by atoms with Crippen molar-refractivity contribution in [2.45, 2.75) is 25.7 Å². The Bertz CT molecular complexity index is 1290. The molecule has 1 aromatic heterocycles. The topological polar surface area (TPSA) is 87.9 Å². The third-order valence-electron chi connectivity index (χ3n) is 6.05. The summed E-state index contributed by atoms with van der Waals surface area (Å²) >= 11 is 0. The fraction of sp³-hybridized carbons (Fsp3) is 0.375. The van der Waals surface area contributed by atoms with Gasteiger partial charge in [-0.2, -0.15) is 22.0 Å². The van der Waals surface area contributed by atoms with Crippen molar-refractivity contribution in [3.05, 3.63) is 59.4 Å². The molecule has 3 heterocycles. The highest BCUT2D eigenvalue weighted by molar-refractivity contribution is 6.03. The Kier molecular flexibility index (Phi) is 7.62. The van der Waals surface area contributed by atoms with Crippen LogP contribution in [0.1, 0.15) is 28.3 Å². The van der Waals surface area contributed by atoms with Gasteiger partial charge in [0, 0.05) is 32.6 Å². The Morgan fingerprint density at radius 1 is 1.08 bits per heavy atom. The van der Waals surface area contributed by atoms with Gasteiger partial charge in [-0.3, -0.25) is 9.36 Å². The number of carbonyl (C=O) groups is 2. The molecular weight excluding hydrogens is 503 g/mol. The van der Waals surface area contributed by atoms with Crippen LogP contribution in [0.15, 0.2) is 42.5 Å². The average molecular weight is 526 g/mol. The molecular formula is C24H23F5N4O4. The highest BCUT2D eigenvalue weighted by atomic mass is 19.4. The van der Waals surface area contributed by atoms with E-state index in [1.54, 1.807) is 29.2 Å². The minimum atomic E-state index is -5.08. The van der Waals surface area contributed by atoms with Crippen LogP contribution in [-0.2, 0) is 22.5 Å². The summed E-state index contributed by atoms with van der Waals surface area (Å²) in [5, 5.41) is 7.12. The number of amides is 1. The van der Waals surface area contributed by atoms with Crippen LogP contribution in [-0.4, -0.2) is 70.5 Å². The van der Waals surface area contributed by atoms with Crippen LogP contribution < -0.4 is 4.90 Å². The van der Waals surface area contributed by atoms with Crippen molar-refractivity contribution in [3.8, 4) is 0 Å². The fourth-order valence-corrected chi connectivity index (χ4v) is 4.37. The van der Waals surface area contributed by atoms with Gasteiger partial charge in [0.2, 0.25) is 0 Å². The lowest BCUT2D eigenvalue weighted by atomic mass is 10.1. The molecule has 1 N–H and O–H groups in total. The second kappa shape index (κ2) is 10.7. The van der Waals surface area contributed by atoms with Gasteiger partial charge in [-0.15, -0.1) is 0 Å². The van der Waals surface area contributed by atoms with Crippen LogP contribution in [0.25, 0.3) is 11.0 Å². The van der Waals surface area contributed by atoms with Crippen LogP contribution in [0, 0.1) is 0 Å². The third-order valence-corrected chi connectivity index (χ3v) is 6.05. The number of rotatable bonds is 5. The van der Waals surface area contributed by atoms with Crippen LogP contribution >= 0.6 is 0 Å². The summed E-state index contributed by atoms with van der Waals surface area (Å²) in [6.07, 6.45) is -4.81. The van der Waals surface area contributed by atoms with E-state index in [-0.39, 0.29) is 12.3 Å². The summed E-state index contributed by atoms with van der Waals surface area (Å²) in [5.74, 6) is -2.51. The molecule has 2 aliphatic rings. The van der Waals surface area contributed by atoms with Gasteiger partial charge in [-0.25, -0.2) is 9.78 Å². The van der Waals surface area contributed by atoms with Crippen molar-refractivity contribution in [3.63, 3.8) is 0 Å². The normalized spacial score (nSPS) is 15.7. The number of fused-ring (bicyclic) bond motifs is 2. The molecule has 13 heteroatoms. The van der Waals surface area contributed by atoms with E-state index in [2.05, 4.69) is 9.88 Å². The number of alkyl halides is 5. The number of para-hydroxylation sites is 2. The summed E-state index contributed by atoms with van der Waals surface area (Å²) in [4.78, 5) is 30.4. The second-order valence-electron chi connectivity index (χ2n) is 8.35. The van der Waals surface area contributed by atoms with Crippen molar-refractivity contribution in [2.75, 3.05) is 37.7 Å². The third kappa shape index (κ3) is 5.66. The molecule has 0 bridgehead atoms. The van der Waals surface area contributed by atoms with Crippen LogP contribution in [0.2, 0.25) is 0 Å². The van der Waals surface area contributed by atoms with Crippen molar-refractivity contribution >= 4 is 28.6 Å². The van der Waals surface area contributed by atoms with E-state index < -0.39 is 18.7 Å². The monoisotopic (exact) mass is 526 g/mol. The minimum absolute atomic E-state index is 0.0493. The number of imidazole rings is 1. The van der Waals surface area contributed by atoms with E-state index in [0.29, 0.717) is 43.2 Å². The molecule has 1 fully saturated rings. The summed E-state index contributed by atoms with van der Waals surface area (Å²) in [5.41, 5.74) is 3.59. The lowest BCUT2D eigenvalue weighted by Crippen LogP contribution is -2.37. The Hall–Kier alpha value is -3.74. The molecule has 2 aliphatic heterocycles. The van der Waals surface area contributed by atoms with Gasteiger partial charge < -0.3 is 19.6 Å². The number of carboxylic acid groups (broad SMARTS) is 1. The standard InChI is InChI=1S/C22H22F2N4O2.C2HF3O2/c23-22(24)28-17-6-2-1-5-16(17)25-19(28)8-9-27-14-15-4-3-7-18(20(15)21(27)29)26-10-12-30-13-11-26;3-2(4,5)1(6)7/h1-7,22H,8-14H2;(H,6,7). The van der Waals surface area contributed by atoms with Gasteiger partial charge in [-0.1, -0.05) is 24.3 Å². The number of carbonyl (C=O) groups excluding carboxylic acids is 1. The molecule has 198 valence electrons. The molecule has 37 heavy (non-hydrogen) atoms. The van der Waals surface area contributed by atoms with E-state index in [1.165, 1.54) is 0 Å². The minimum Gasteiger partial charge on any atom is -0.475 e. The van der Waals surface area contributed by atoms with Crippen LogP contribution in [0.3, 0.4) is 0 Å². The largest absolute Gasteiger partial charge is 0.490 e. The zero-order chi connectivity index (χ0) is 26.7. The van der Waals surface area contributed by atoms with Crippen LogP contribution in [0.4, 0.5) is 27.6 Å². The van der Waals surface area contributed by atoms with E-state index >= 15 is 0 Å². The van der Waals surface area contributed by atoms with E-state index in [9.17, 15) is 26.7 Å². The Balaban J connectivity index is 0.000000405. The number of aromatic nitrogens is 2. The molecule has 0 aliphatic carbocycles. The lowest BCUT2D eigenvalue weighted by molar-refractivity contribution is -0.192. The molecule has 0 spiro atoms. The number of halogens is 5. The molecule has 1 saturated heterocycles. The Labute approximate surface area is 207 Å². The number of hydrogen-bond acceptors (Lipinski definition) is 5. The maximum atomic E-state index is 13.7. The van der Waals surface area contributed by atoms with Gasteiger partial charge in [0.25, 0.3) is 5.91 Å². The first-order valence-electron chi connectivity index (χ1n) is 11.4. The SMILES string of the molecule is O=C(O)C(F)(F)F.O=C1c2c(cccc2N2CCOCC2)CN1CCc1nc2ccccc2n1C(F)F. The first-order valence-corrected chi connectivity index (χ1v) is 11.4. The smallest absolute Gasteiger partial charge is 0.475 e. The average Bonchev–Trinajstić information content (AvgIpc) is 3.40. The van der Waals surface area contributed by atoms with Crippen LogP contribution in [0.5, 0.6) is 0 Å². The number of morpholine rings is 1. The summed E-state index contributed by atoms with van der Waals surface area (Å²) in [6, 6.07) is 12.8. The van der Waals surface area contributed by atoms with Crippen molar-refractivity contribution in [1.29, 1.82) is 0 Å². The van der Waals surface area contributed by atoms with Crippen molar-refractivity contribution in [2.24, 2.45) is 0 Å². The molecule has 0 atom stereocenters. The predicted molar refractivity (Wildman–Crippen MR) is 123 cm³/mol. The molecule has 0 saturated carbocycles. The molecule has 5 rings (SSSR count). The number of hydrogen-bond donors (Lipinski definition) is 1. The number of benzene rings is 2. The van der Waals surface area contributed by atoms with E-state index in [4.69, 9.17) is 14.6 Å². The number of anilines is 1.